The van der Waals surface area contributed by atoms with Gasteiger partial charge in [0.15, 0.2) is 0 Å². The van der Waals surface area contributed by atoms with Gasteiger partial charge in [-0.25, -0.2) is 8.42 Å². The van der Waals surface area contributed by atoms with Gasteiger partial charge in [0.2, 0.25) is 0 Å². The number of pyridine rings is 1. The van der Waals surface area contributed by atoms with E-state index in [0.29, 0.717) is 17.7 Å². The average molecular weight is 466 g/mol. The van der Waals surface area contributed by atoms with Gasteiger partial charge in [0.25, 0.3) is 15.9 Å². The number of aryl methyl sites for hydroxylation is 1. The van der Waals surface area contributed by atoms with E-state index in [-0.39, 0.29) is 28.2 Å². The van der Waals surface area contributed by atoms with E-state index < -0.39 is 10.0 Å². The molecular formula is C25H27N3O4S. The first-order valence-corrected chi connectivity index (χ1v) is 12.3. The van der Waals surface area contributed by atoms with Gasteiger partial charge in [-0.1, -0.05) is 24.3 Å². The van der Waals surface area contributed by atoms with E-state index in [1.165, 1.54) is 28.1 Å². The number of aromatic nitrogens is 1. The summed E-state index contributed by atoms with van der Waals surface area (Å²) in [5.74, 6) is -0.173. The molecule has 0 unspecified atom stereocenters. The van der Waals surface area contributed by atoms with E-state index in [1.54, 1.807) is 24.4 Å². The molecule has 0 atom stereocenters. The molecule has 8 heteroatoms. The number of carbonyl (C=O) groups is 1. The molecule has 0 N–H and O–H groups in total. The second-order valence-electron chi connectivity index (χ2n) is 8.13. The number of nitrogens with zero attached hydrogens (tertiary/aromatic N) is 3. The van der Waals surface area contributed by atoms with Crippen molar-refractivity contribution in [1.82, 2.24) is 4.57 Å². The molecule has 7 nitrogen and oxygen atoms in total. The van der Waals surface area contributed by atoms with Crippen molar-refractivity contribution < 1.29 is 17.9 Å². The van der Waals surface area contributed by atoms with Gasteiger partial charge in [-0.15, -0.1) is 0 Å². The number of hydrogen-bond acceptors (Lipinski definition) is 5. The summed E-state index contributed by atoms with van der Waals surface area (Å²) in [6.07, 6.45) is 3.17. The Balaban J connectivity index is 1.82. The number of carbonyl (C=O) groups excluding carboxylic acids is 1. The molecule has 0 aliphatic carbocycles. The largest absolute Gasteiger partial charge is 0.495 e. The number of rotatable bonds is 5. The highest BCUT2D eigenvalue weighted by molar-refractivity contribution is 7.93. The van der Waals surface area contributed by atoms with Crippen molar-refractivity contribution >= 4 is 21.6 Å². The van der Waals surface area contributed by atoms with E-state index in [2.05, 4.69) is 4.99 Å². The summed E-state index contributed by atoms with van der Waals surface area (Å²) >= 11 is 0. The Kier molecular flexibility index (Phi) is 6.37. The van der Waals surface area contributed by atoms with Crippen molar-refractivity contribution in [2.75, 3.05) is 18.0 Å². The number of methoxy groups -OCH3 is 1. The molecule has 0 bridgehead atoms. The second-order valence-corrected chi connectivity index (χ2v) is 9.96. The fourth-order valence-corrected chi connectivity index (χ4v) is 5.72. The molecule has 3 aromatic rings. The first-order chi connectivity index (χ1) is 15.8. The molecule has 0 fully saturated rings. The van der Waals surface area contributed by atoms with Gasteiger partial charge in [0.1, 0.15) is 16.1 Å². The van der Waals surface area contributed by atoms with Gasteiger partial charge in [-0.05, 0) is 68.7 Å². The van der Waals surface area contributed by atoms with E-state index in [9.17, 15) is 13.2 Å². The van der Waals surface area contributed by atoms with Gasteiger partial charge < -0.3 is 4.74 Å². The van der Waals surface area contributed by atoms with Crippen molar-refractivity contribution in [1.29, 1.82) is 0 Å². The lowest BCUT2D eigenvalue weighted by molar-refractivity contribution is 0.0954. The Morgan fingerprint density at radius 3 is 2.58 bits per heavy atom. The Hall–Kier alpha value is -3.39. The molecule has 172 valence electrons. The van der Waals surface area contributed by atoms with Gasteiger partial charge in [-0.3, -0.25) is 18.7 Å². The highest BCUT2D eigenvalue weighted by Gasteiger charge is 2.32. The maximum absolute atomic E-state index is 13.8. The average Bonchev–Trinajstić information content (AvgIpc) is 2.82. The zero-order chi connectivity index (χ0) is 23.6. The smallest absolute Gasteiger partial charge is 0.268 e. The third kappa shape index (κ3) is 4.43. The lowest BCUT2D eigenvalue weighted by atomic mass is 10.0. The fraction of sp³-hybridized carbons (Fsp3) is 0.280. The standard InChI is InChI=1S/C25H27N3O4S/c1-18(2)26-24-12-6-7-15-27(24)25(29)20-13-14-22(32-3)23(17-20)33(30,31)28-16-8-10-19-9-4-5-11-21(19)28/h4-7,9,11-15,17-18H,8,10,16H2,1-3H3. The Morgan fingerprint density at radius 1 is 1.06 bits per heavy atom. The van der Waals surface area contributed by atoms with Crippen molar-refractivity contribution in [3.8, 4) is 5.75 Å². The molecule has 1 aliphatic heterocycles. The molecular weight excluding hydrogens is 438 g/mol. The number of hydrogen-bond donors (Lipinski definition) is 0. The third-order valence-electron chi connectivity index (χ3n) is 5.49. The molecule has 0 radical (unpaired) electrons. The lowest BCUT2D eigenvalue weighted by Crippen LogP contribution is -2.36. The Labute approximate surface area is 194 Å². The van der Waals surface area contributed by atoms with Gasteiger partial charge in [0, 0.05) is 24.3 Å². The quantitative estimate of drug-likeness (QED) is 0.576. The molecule has 2 heterocycles. The summed E-state index contributed by atoms with van der Waals surface area (Å²) in [5.41, 5.74) is 2.38. The Bertz CT molecular complexity index is 1360. The number of fused-ring (bicyclic) bond motifs is 1. The third-order valence-corrected chi connectivity index (χ3v) is 7.33. The van der Waals surface area contributed by atoms with Crippen molar-refractivity contribution in [2.45, 2.75) is 37.6 Å². The minimum Gasteiger partial charge on any atom is -0.495 e. The number of sulfonamides is 1. The number of anilines is 1. The van der Waals surface area contributed by atoms with Crippen LogP contribution < -0.4 is 14.5 Å². The molecule has 4 rings (SSSR count). The van der Waals surface area contributed by atoms with E-state index in [4.69, 9.17) is 4.74 Å². The van der Waals surface area contributed by atoms with Crippen molar-refractivity contribution in [2.24, 2.45) is 4.99 Å². The molecule has 0 spiro atoms. The molecule has 0 saturated carbocycles. The molecule has 0 saturated heterocycles. The van der Waals surface area contributed by atoms with Crippen LogP contribution in [0.5, 0.6) is 5.75 Å². The first-order valence-electron chi connectivity index (χ1n) is 10.9. The van der Waals surface area contributed by atoms with Crippen molar-refractivity contribution in [3.63, 3.8) is 0 Å². The molecule has 1 aromatic heterocycles. The number of ether oxygens (including phenoxy) is 1. The van der Waals surface area contributed by atoms with Crippen LogP contribution in [0.1, 0.15) is 36.2 Å². The van der Waals surface area contributed by atoms with Gasteiger partial charge in [0.05, 0.1) is 12.8 Å². The zero-order valence-electron chi connectivity index (χ0n) is 18.9. The minimum atomic E-state index is -3.96. The number of benzene rings is 2. The summed E-state index contributed by atoms with van der Waals surface area (Å²) < 4.78 is 35.7. The summed E-state index contributed by atoms with van der Waals surface area (Å²) in [6, 6.07) is 17.3. The van der Waals surface area contributed by atoms with Crippen LogP contribution in [0.15, 0.2) is 76.7 Å². The first kappa shape index (κ1) is 22.8. The Morgan fingerprint density at radius 2 is 1.82 bits per heavy atom. The predicted octanol–water partition coefficient (Wildman–Crippen LogP) is 3.64. The topological polar surface area (TPSA) is 81.0 Å². The SMILES string of the molecule is COc1ccc(C(=O)n2ccccc2=NC(C)C)cc1S(=O)(=O)N1CCCc2ccccc21. The highest BCUT2D eigenvalue weighted by atomic mass is 32.2. The molecule has 0 amide bonds. The van der Waals surface area contributed by atoms with Gasteiger partial charge >= 0.3 is 0 Å². The maximum atomic E-state index is 13.8. The number of para-hydroxylation sites is 1. The fourth-order valence-electron chi connectivity index (χ4n) is 3.99. The summed E-state index contributed by atoms with van der Waals surface area (Å²) in [4.78, 5) is 17.8. The summed E-state index contributed by atoms with van der Waals surface area (Å²) in [7, 11) is -2.54. The van der Waals surface area contributed by atoms with Gasteiger partial charge in [-0.2, -0.15) is 0 Å². The van der Waals surface area contributed by atoms with E-state index >= 15 is 0 Å². The van der Waals surface area contributed by atoms with Crippen LogP contribution in [0.25, 0.3) is 0 Å². The van der Waals surface area contributed by atoms with E-state index in [1.807, 2.05) is 44.2 Å². The van der Waals surface area contributed by atoms with Crippen LogP contribution in [0.4, 0.5) is 5.69 Å². The lowest BCUT2D eigenvalue weighted by Gasteiger charge is -2.31. The van der Waals surface area contributed by atoms with Crippen LogP contribution in [0.2, 0.25) is 0 Å². The van der Waals surface area contributed by atoms with Crippen LogP contribution >= 0.6 is 0 Å². The predicted molar refractivity (Wildman–Crippen MR) is 127 cm³/mol. The normalized spacial score (nSPS) is 14.3. The van der Waals surface area contributed by atoms with Crippen LogP contribution in [0.3, 0.4) is 0 Å². The minimum absolute atomic E-state index is 0.00238. The zero-order valence-corrected chi connectivity index (χ0v) is 19.7. The molecule has 33 heavy (non-hydrogen) atoms. The van der Waals surface area contributed by atoms with Crippen molar-refractivity contribution in [3.05, 3.63) is 83.5 Å². The monoisotopic (exact) mass is 465 g/mol. The molecule has 1 aliphatic rings. The van der Waals surface area contributed by atoms with E-state index in [0.717, 1.165) is 18.4 Å². The highest BCUT2D eigenvalue weighted by Crippen LogP contribution is 2.35. The second kappa shape index (κ2) is 9.23. The summed E-state index contributed by atoms with van der Waals surface area (Å²) in [5, 5.41) is 0. The maximum Gasteiger partial charge on any atom is 0.268 e. The van der Waals surface area contributed by atoms with Crippen LogP contribution in [-0.4, -0.2) is 38.6 Å². The van der Waals surface area contributed by atoms with Crippen LogP contribution in [-0.2, 0) is 16.4 Å². The summed E-state index contributed by atoms with van der Waals surface area (Å²) in [6.45, 7) is 4.22. The molecule has 2 aromatic carbocycles. The van der Waals surface area contributed by atoms with Crippen LogP contribution in [0, 0.1) is 0 Å².